The summed E-state index contributed by atoms with van der Waals surface area (Å²) in [4.78, 5) is 11.9. The van der Waals surface area contributed by atoms with Gasteiger partial charge in [0.25, 0.3) is 0 Å². The van der Waals surface area contributed by atoms with Crippen molar-refractivity contribution >= 4 is 16.6 Å². The highest BCUT2D eigenvalue weighted by atomic mass is 16.3. The lowest BCUT2D eigenvalue weighted by Gasteiger charge is -2.10. The molecule has 4 aromatic rings. The first-order chi connectivity index (χ1) is 10.6. The SMILES string of the molecule is O=c1[nH]nc2cc(-c3ccc(O)cc3O)c3ccccc3n12. The van der Waals surface area contributed by atoms with Gasteiger partial charge in [-0.05, 0) is 29.8 Å². The van der Waals surface area contributed by atoms with E-state index in [1.165, 1.54) is 16.5 Å². The normalized spacial score (nSPS) is 11.3. The number of nitrogens with zero attached hydrogens (tertiary/aromatic N) is 2. The number of hydrogen-bond acceptors (Lipinski definition) is 4. The molecule has 0 aliphatic rings. The summed E-state index contributed by atoms with van der Waals surface area (Å²) in [5, 5.41) is 26.8. The number of hydrogen-bond donors (Lipinski definition) is 3. The number of para-hydroxylation sites is 1. The summed E-state index contributed by atoms with van der Waals surface area (Å²) in [6.45, 7) is 0. The number of phenolic OH excluding ortho intramolecular Hbond substituents is 2. The van der Waals surface area contributed by atoms with Gasteiger partial charge in [0.2, 0.25) is 0 Å². The quantitative estimate of drug-likeness (QED) is 0.502. The Kier molecular flexibility index (Phi) is 2.47. The fourth-order valence-corrected chi connectivity index (χ4v) is 2.71. The minimum atomic E-state index is -0.312. The number of H-pyrrole nitrogens is 1. The lowest BCUT2D eigenvalue weighted by atomic mass is 10.00. The minimum absolute atomic E-state index is 0.0115. The van der Waals surface area contributed by atoms with Crippen molar-refractivity contribution in [3.05, 3.63) is 59.0 Å². The topological polar surface area (TPSA) is 90.6 Å². The summed E-state index contributed by atoms with van der Waals surface area (Å²) < 4.78 is 1.48. The number of aromatic nitrogens is 3. The Hall–Kier alpha value is -3.28. The first kappa shape index (κ1) is 12.5. The number of aromatic hydroxyl groups is 2. The highest BCUT2D eigenvalue weighted by Gasteiger charge is 2.14. The van der Waals surface area contributed by atoms with Crippen molar-refractivity contribution in [2.45, 2.75) is 0 Å². The van der Waals surface area contributed by atoms with Crippen LogP contribution in [0.3, 0.4) is 0 Å². The number of aromatic amines is 1. The smallest absolute Gasteiger partial charge is 0.348 e. The van der Waals surface area contributed by atoms with Crippen molar-refractivity contribution in [2.24, 2.45) is 0 Å². The Balaban J connectivity index is 2.19. The van der Waals surface area contributed by atoms with Crippen LogP contribution < -0.4 is 5.69 Å². The molecule has 0 aliphatic heterocycles. The molecule has 4 rings (SSSR count). The van der Waals surface area contributed by atoms with Crippen LogP contribution in [0.4, 0.5) is 0 Å². The van der Waals surface area contributed by atoms with E-state index in [1.54, 1.807) is 12.1 Å². The third-order valence-corrected chi connectivity index (χ3v) is 3.68. The van der Waals surface area contributed by atoms with Gasteiger partial charge in [-0.25, -0.2) is 14.3 Å². The zero-order valence-corrected chi connectivity index (χ0v) is 11.3. The Morgan fingerprint density at radius 2 is 1.82 bits per heavy atom. The number of rotatable bonds is 1. The highest BCUT2D eigenvalue weighted by Crippen LogP contribution is 2.36. The van der Waals surface area contributed by atoms with Crippen LogP contribution in [0.2, 0.25) is 0 Å². The number of fused-ring (bicyclic) bond motifs is 3. The Morgan fingerprint density at radius 1 is 1.00 bits per heavy atom. The zero-order valence-electron chi connectivity index (χ0n) is 11.3. The molecule has 0 saturated heterocycles. The van der Waals surface area contributed by atoms with Crippen LogP contribution in [0, 0.1) is 0 Å². The molecular formula is C16H11N3O3. The van der Waals surface area contributed by atoms with Gasteiger partial charge in [0.15, 0.2) is 5.65 Å². The molecule has 2 heterocycles. The predicted octanol–water partition coefficient (Wildman–Crippen LogP) is 2.25. The standard InChI is InChI=1S/C16H11N3O3/c20-9-5-6-11(14(21)7-9)12-8-15-17-18-16(22)19(15)13-4-2-1-3-10(12)13/h1-8,20-21H,(H,18,22). The Morgan fingerprint density at radius 3 is 2.64 bits per heavy atom. The first-order valence-electron chi connectivity index (χ1n) is 6.66. The maximum absolute atomic E-state index is 11.9. The number of pyridine rings is 1. The number of phenols is 2. The molecule has 22 heavy (non-hydrogen) atoms. The maximum Gasteiger partial charge on any atom is 0.348 e. The van der Waals surface area contributed by atoms with Gasteiger partial charge in [0.1, 0.15) is 11.5 Å². The van der Waals surface area contributed by atoms with Crippen LogP contribution in [0.15, 0.2) is 53.3 Å². The van der Waals surface area contributed by atoms with E-state index in [0.717, 1.165) is 10.9 Å². The summed E-state index contributed by atoms with van der Waals surface area (Å²) >= 11 is 0. The maximum atomic E-state index is 11.9. The summed E-state index contributed by atoms with van der Waals surface area (Å²) in [7, 11) is 0. The van der Waals surface area contributed by atoms with E-state index >= 15 is 0 Å². The molecule has 0 atom stereocenters. The van der Waals surface area contributed by atoms with Gasteiger partial charge in [0, 0.05) is 17.0 Å². The van der Waals surface area contributed by atoms with Crippen LogP contribution in [-0.2, 0) is 0 Å². The summed E-state index contributed by atoms with van der Waals surface area (Å²) in [6.07, 6.45) is 0. The molecule has 0 spiro atoms. The summed E-state index contributed by atoms with van der Waals surface area (Å²) in [5.41, 5.74) is 2.15. The summed E-state index contributed by atoms with van der Waals surface area (Å²) in [6, 6.07) is 13.5. The van der Waals surface area contributed by atoms with E-state index in [1.807, 2.05) is 24.3 Å². The molecule has 6 nitrogen and oxygen atoms in total. The molecule has 108 valence electrons. The molecule has 0 bridgehead atoms. The van der Waals surface area contributed by atoms with Crippen LogP contribution in [0.5, 0.6) is 11.5 Å². The molecule has 3 N–H and O–H groups in total. The van der Waals surface area contributed by atoms with Crippen LogP contribution in [0.1, 0.15) is 0 Å². The number of benzene rings is 2. The van der Waals surface area contributed by atoms with Crippen molar-refractivity contribution in [3.8, 4) is 22.6 Å². The average Bonchev–Trinajstić information content (AvgIpc) is 2.88. The van der Waals surface area contributed by atoms with E-state index in [4.69, 9.17) is 0 Å². The van der Waals surface area contributed by atoms with Crippen molar-refractivity contribution in [3.63, 3.8) is 0 Å². The monoisotopic (exact) mass is 293 g/mol. The molecular weight excluding hydrogens is 282 g/mol. The molecule has 0 unspecified atom stereocenters. The fraction of sp³-hybridized carbons (Fsp3) is 0. The fourth-order valence-electron chi connectivity index (χ4n) is 2.71. The first-order valence-corrected chi connectivity index (χ1v) is 6.66. The Labute approximate surface area is 123 Å². The van der Waals surface area contributed by atoms with Crippen molar-refractivity contribution in [1.29, 1.82) is 0 Å². The Bertz CT molecular complexity index is 1080. The molecule has 0 radical (unpaired) electrons. The molecule has 0 fully saturated rings. The van der Waals surface area contributed by atoms with E-state index in [0.29, 0.717) is 16.7 Å². The van der Waals surface area contributed by atoms with Gasteiger partial charge in [0.05, 0.1) is 5.52 Å². The second kappa shape index (κ2) is 4.36. The van der Waals surface area contributed by atoms with Crippen LogP contribution in [-0.4, -0.2) is 24.8 Å². The molecule has 6 heteroatoms. The summed E-state index contributed by atoms with van der Waals surface area (Å²) in [5.74, 6) is -0.0463. The van der Waals surface area contributed by atoms with E-state index in [-0.39, 0.29) is 17.2 Å². The van der Waals surface area contributed by atoms with Crippen molar-refractivity contribution in [1.82, 2.24) is 14.6 Å². The lowest BCUT2D eigenvalue weighted by molar-refractivity contribution is 0.452. The van der Waals surface area contributed by atoms with Gasteiger partial charge in [-0.3, -0.25) is 0 Å². The molecule has 0 saturated carbocycles. The highest BCUT2D eigenvalue weighted by molar-refractivity contribution is 5.98. The number of nitrogens with one attached hydrogen (secondary N) is 1. The third-order valence-electron chi connectivity index (χ3n) is 3.68. The van der Waals surface area contributed by atoms with Gasteiger partial charge in [-0.1, -0.05) is 18.2 Å². The second-order valence-electron chi connectivity index (χ2n) is 5.00. The van der Waals surface area contributed by atoms with Gasteiger partial charge >= 0.3 is 5.69 Å². The molecule has 0 aliphatic carbocycles. The largest absolute Gasteiger partial charge is 0.508 e. The predicted molar refractivity (Wildman–Crippen MR) is 82.1 cm³/mol. The van der Waals surface area contributed by atoms with Gasteiger partial charge < -0.3 is 10.2 Å². The molecule has 2 aromatic carbocycles. The van der Waals surface area contributed by atoms with E-state index < -0.39 is 0 Å². The van der Waals surface area contributed by atoms with Crippen LogP contribution >= 0.6 is 0 Å². The van der Waals surface area contributed by atoms with E-state index in [9.17, 15) is 15.0 Å². The van der Waals surface area contributed by atoms with Crippen molar-refractivity contribution < 1.29 is 10.2 Å². The van der Waals surface area contributed by atoms with Crippen LogP contribution in [0.25, 0.3) is 27.7 Å². The van der Waals surface area contributed by atoms with E-state index in [2.05, 4.69) is 10.2 Å². The zero-order chi connectivity index (χ0) is 15.3. The molecule has 2 aromatic heterocycles. The lowest BCUT2D eigenvalue weighted by Crippen LogP contribution is -2.10. The minimum Gasteiger partial charge on any atom is -0.508 e. The van der Waals surface area contributed by atoms with Crippen molar-refractivity contribution in [2.75, 3.05) is 0 Å². The van der Waals surface area contributed by atoms with Gasteiger partial charge in [-0.15, -0.1) is 0 Å². The average molecular weight is 293 g/mol. The second-order valence-corrected chi connectivity index (χ2v) is 5.00. The van der Waals surface area contributed by atoms with Gasteiger partial charge in [-0.2, -0.15) is 5.10 Å². The molecule has 0 amide bonds. The third kappa shape index (κ3) is 1.67.